The molecule has 2 rings (SSSR count). The van der Waals surface area contributed by atoms with Crippen LogP contribution in [0.25, 0.3) is 0 Å². The molecule has 5 atom stereocenters. The SMILES string of the molecule is C[C@H](CC/C=C/C(=O)OCc1ccccc1)OC1O[C@@H](C)C(O)C[C@H]1O. The Morgan fingerprint density at radius 3 is 2.77 bits per heavy atom. The van der Waals surface area contributed by atoms with Gasteiger partial charge in [-0.3, -0.25) is 0 Å². The van der Waals surface area contributed by atoms with Crippen molar-refractivity contribution >= 4 is 5.97 Å². The lowest BCUT2D eigenvalue weighted by Gasteiger charge is -2.36. The van der Waals surface area contributed by atoms with Crippen LogP contribution >= 0.6 is 0 Å². The van der Waals surface area contributed by atoms with Crippen LogP contribution in [0.5, 0.6) is 0 Å². The highest BCUT2D eigenvalue weighted by atomic mass is 16.7. The van der Waals surface area contributed by atoms with Crippen molar-refractivity contribution in [1.29, 1.82) is 0 Å². The van der Waals surface area contributed by atoms with Crippen molar-refractivity contribution in [3.63, 3.8) is 0 Å². The van der Waals surface area contributed by atoms with Gasteiger partial charge in [-0.05, 0) is 32.3 Å². The first-order valence-corrected chi connectivity index (χ1v) is 9.00. The predicted molar refractivity (Wildman–Crippen MR) is 96.1 cm³/mol. The largest absolute Gasteiger partial charge is 0.458 e. The van der Waals surface area contributed by atoms with Crippen molar-refractivity contribution in [2.24, 2.45) is 0 Å². The van der Waals surface area contributed by atoms with Crippen LogP contribution in [0.15, 0.2) is 42.5 Å². The third-order valence-corrected chi connectivity index (χ3v) is 4.27. The molecule has 0 amide bonds. The Hall–Kier alpha value is -1.73. The van der Waals surface area contributed by atoms with Crippen molar-refractivity contribution in [2.75, 3.05) is 0 Å². The van der Waals surface area contributed by atoms with Gasteiger partial charge >= 0.3 is 5.97 Å². The number of hydrogen-bond acceptors (Lipinski definition) is 6. The monoisotopic (exact) mass is 364 g/mol. The molecule has 1 aromatic carbocycles. The summed E-state index contributed by atoms with van der Waals surface area (Å²) >= 11 is 0. The van der Waals surface area contributed by atoms with E-state index in [1.807, 2.05) is 37.3 Å². The maximum absolute atomic E-state index is 11.7. The molecule has 6 heteroatoms. The molecule has 0 aliphatic carbocycles. The zero-order valence-electron chi connectivity index (χ0n) is 15.3. The van der Waals surface area contributed by atoms with Crippen LogP contribution in [0.3, 0.4) is 0 Å². The van der Waals surface area contributed by atoms with E-state index in [2.05, 4.69) is 0 Å². The fourth-order valence-corrected chi connectivity index (χ4v) is 2.65. The fourth-order valence-electron chi connectivity index (χ4n) is 2.65. The minimum absolute atomic E-state index is 0.151. The number of carbonyl (C=O) groups excluding carboxylic acids is 1. The molecule has 0 spiro atoms. The summed E-state index contributed by atoms with van der Waals surface area (Å²) in [6, 6.07) is 9.51. The van der Waals surface area contributed by atoms with Gasteiger partial charge in [-0.25, -0.2) is 4.79 Å². The van der Waals surface area contributed by atoms with Crippen LogP contribution in [0.4, 0.5) is 0 Å². The summed E-state index contributed by atoms with van der Waals surface area (Å²) in [5.41, 5.74) is 0.946. The lowest BCUT2D eigenvalue weighted by Crippen LogP contribution is -2.48. The third-order valence-electron chi connectivity index (χ3n) is 4.27. The van der Waals surface area contributed by atoms with Gasteiger partial charge in [0.25, 0.3) is 0 Å². The highest BCUT2D eigenvalue weighted by molar-refractivity contribution is 5.81. The maximum Gasteiger partial charge on any atom is 0.330 e. The number of esters is 1. The molecule has 0 bridgehead atoms. The van der Waals surface area contributed by atoms with E-state index in [4.69, 9.17) is 14.2 Å². The highest BCUT2D eigenvalue weighted by Crippen LogP contribution is 2.22. The maximum atomic E-state index is 11.7. The third kappa shape index (κ3) is 6.88. The van der Waals surface area contributed by atoms with Crippen molar-refractivity contribution in [3.05, 3.63) is 48.0 Å². The normalized spacial score (nSPS) is 27.4. The Balaban J connectivity index is 1.63. The average molecular weight is 364 g/mol. The van der Waals surface area contributed by atoms with Gasteiger partial charge in [0.1, 0.15) is 12.7 Å². The first kappa shape index (κ1) is 20.6. The van der Waals surface area contributed by atoms with Gasteiger partial charge in [-0.2, -0.15) is 0 Å². The van der Waals surface area contributed by atoms with Crippen molar-refractivity contribution in [2.45, 2.75) is 70.4 Å². The fraction of sp³-hybridized carbons (Fsp3) is 0.550. The second-order valence-corrected chi connectivity index (χ2v) is 6.60. The van der Waals surface area contributed by atoms with Crippen LogP contribution in [-0.2, 0) is 25.6 Å². The quantitative estimate of drug-likeness (QED) is 0.544. The zero-order valence-corrected chi connectivity index (χ0v) is 15.3. The number of rotatable bonds is 8. The number of allylic oxidation sites excluding steroid dienone is 1. The molecule has 1 aliphatic heterocycles. The topological polar surface area (TPSA) is 85.2 Å². The zero-order chi connectivity index (χ0) is 18.9. The molecule has 1 saturated heterocycles. The molecular formula is C20H28O6. The van der Waals surface area contributed by atoms with Gasteiger partial charge in [-0.15, -0.1) is 0 Å². The molecule has 1 fully saturated rings. The van der Waals surface area contributed by atoms with Gasteiger partial charge in [0.05, 0.1) is 18.3 Å². The van der Waals surface area contributed by atoms with Gasteiger partial charge in [0.15, 0.2) is 6.29 Å². The van der Waals surface area contributed by atoms with Crippen LogP contribution in [-0.4, -0.2) is 46.9 Å². The second-order valence-electron chi connectivity index (χ2n) is 6.60. The molecule has 2 unspecified atom stereocenters. The molecular weight excluding hydrogens is 336 g/mol. The average Bonchev–Trinajstić information content (AvgIpc) is 2.62. The molecule has 6 nitrogen and oxygen atoms in total. The number of hydrogen-bond donors (Lipinski definition) is 2. The summed E-state index contributed by atoms with van der Waals surface area (Å²) < 4.78 is 16.3. The molecule has 2 N–H and O–H groups in total. The molecule has 26 heavy (non-hydrogen) atoms. The molecule has 0 radical (unpaired) electrons. The predicted octanol–water partition coefficient (Wildman–Crippen LogP) is 2.33. The van der Waals surface area contributed by atoms with Crippen molar-refractivity contribution in [3.8, 4) is 0 Å². The van der Waals surface area contributed by atoms with E-state index in [0.717, 1.165) is 5.56 Å². The summed E-state index contributed by atoms with van der Waals surface area (Å²) in [6.07, 6.45) is 1.95. The molecule has 1 heterocycles. The van der Waals surface area contributed by atoms with E-state index < -0.39 is 18.5 Å². The van der Waals surface area contributed by atoms with Crippen molar-refractivity contribution in [1.82, 2.24) is 0 Å². The van der Waals surface area contributed by atoms with E-state index in [9.17, 15) is 15.0 Å². The van der Waals surface area contributed by atoms with Crippen molar-refractivity contribution < 1.29 is 29.2 Å². The van der Waals surface area contributed by atoms with Gasteiger partial charge in [-0.1, -0.05) is 36.4 Å². The minimum Gasteiger partial charge on any atom is -0.458 e. The Morgan fingerprint density at radius 1 is 1.31 bits per heavy atom. The Bertz CT molecular complexity index is 573. The molecule has 1 aliphatic rings. The van der Waals surface area contributed by atoms with Gasteiger partial charge in [0.2, 0.25) is 0 Å². The second kappa shape index (κ2) is 10.4. The minimum atomic E-state index is -0.841. The van der Waals surface area contributed by atoms with E-state index in [1.54, 1.807) is 13.0 Å². The molecule has 144 valence electrons. The Kier molecular flexibility index (Phi) is 8.25. The first-order valence-electron chi connectivity index (χ1n) is 9.00. The smallest absolute Gasteiger partial charge is 0.330 e. The van der Waals surface area contributed by atoms with Gasteiger partial charge in [0, 0.05) is 12.5 Å². The molecule has 0 saturated carbocycles. The van der Waals surface area contributed by atoms with Gasteiger partial charge < -0.3 is 24.4 Å². The summed E-state index contributed by atoms with van der Waals surface area (Å²) in [6.45, 7) is 3.89. The van der Waals surface area contributed by atoms with Crippen LogP contribution in [0.1, 0.15) is 38.7 Å². The van der Waals surface area contributed by atoms with Crippen LogP contribution in [0.2, 0.25) is 0 Å². The van der Waals surface area contributed by atoms with Crippen LogP contribution in [0, 0.1) is 0 Å². The van der Waals surface area contributed by atoms with E-state index in [0.29, 0.717) is 12.8 Å². The summed E-state index contributed by atoms with van der Waals surface area (Å²) in [4.78, 5) is 11.7. The number of benzene rings is 1. The lowest BCUT2D eigenvalue weighted by molar-refractivity contribution is -0.273. The Labute approximate surface area is 154 Å². The van der Waals surface area contributed by atoms with E-state index >= 15 is 0 Å². The lowest BCUT2D eigenvalue weighted by atomic mass is 10.0. The molecule has 1 aromatic rings. The van der Waals surface area contributed by atoms with E-state index in [-0.39, 0.29) is 31.2 Å². The van der Waals surface area contributed by atoms with Crippen LogP contribution < -0.4 is 0 Å². The number of carbonyl (C=O) groups is 1. The number of aliphatic hydroxyl groups excluding tert-OH is 2. The Morgan fingerprint density at radius 2 is 2.04 bits per heavy atom. The number of ether oxygens (including phenoxy) is 3. The van der Waals surface area contributed by atoms with E-state index in [1.165, 1.54) is 6.08 Å². The number of aliphatic hydroxyl groups is 2. The highest BCUT2D eigenvalue weighted by Gasteiger charge is 2.35. The summed E-state index contributed by atoms with van der Waals surface area (Å²) in [7, 11) is 0. The standard InChI is InChI=1S/C20H28O6/c1-14(25-20-18(22)12-17(21)15(2)26-20)8-6-7-11-19(23)24-13-16-9-4-3-5-10-16/h3-5,7,9-11,14-15,17-18,20-22H,6,8,12-13H2,1-2H3/b11-7+/t14-,15+,17?,18-,20?/m1/s1. The summed E-state index contributed by atoms with van der Waals surface area (Å²) in [5, 5.41) is 19.6. The first-order chi connectivity index (χ1) is 12.5. The molecule has 0 aromatic heterocycles. The summed E-state index contributed by atoms with van der Waals surface area (Å²) in [5.74, 6) is -0.378.